The molecule has 0 unspecified atom stereocenters. The molecule has 96 valence electrons. The number of nitrogens with one attached hydrogen (secondary N) is 1. The molecular formula is C14H25N3. The van der Waals surface area contributed by atoms with Gasteiger partial charge in [0.15, 0.2) is 0 Å². The van der Waals surface area contributed by atoms with Crippen LogP contribution in [-0.2, 0) is 13.0 Å². The molecule has 1 N–H and O–H groups in total. The molecule has 0 spiro atoms. The van der Waals surface area contributed by atoms with Crippen LogP contribution in [0.5, 0.6) is 0 Å². The van der Waals surface area contributed by atoms with E-state index in [2.05, 4.69) is 42.4 Å². The zero-order valence-corrected chi connectivity index (χ0v) is 11.6. The molecule has 3 heteroatoms. The van der Waals surface area contributed by atoms with Crippen LogP contribution in [0.1, 0.15) is 37.2 Å². The van der Waals surface area contributed by atoms with Crippen molar-refractivity contribution in [2.75, 3.05) is 13.1 Å². The van der Waals surface area contributed by atoms with Crippen molar-refractivity contribution in [3.63, 3.8) is 0 Å². The Bertz CT molecular complexity index is 377. The number of hydrogen-bond donors (Lipinski definition) is 1. The summed E-state index contributed by atoms with van der Waals surface area (Å²) in [6, 6.07) is 0. The minimum Gasteiger partial charge on any atom is -0.316 e. The van der Waals surface area contributed by atoms with E-state index in [0.29, 0.717) is 0 Å². The summed E-state index contributed by atoms with van der Waals surface area (Å²) in [6.07, 6.45) is 2.25. The van der Waals surface area contributed by atoms with Crippen LogP contribution in [0.2, 0.25) is 0 Å². The van der Waals surface area contributed by atoms with Crippen LogP contribution in [-0.4, -0.2) is 22.9 Å². The van der Waals surface area contributed by atoms with Gasteiger partial charge in [-0.1, -0.05) is 19.1 Å². The van der Waals surface area contributed by atoms with Crippen molar-refractivity contribution in [3.8, 4) is 0 Å². The largest absolute Gasteiger partial charge is 0.316 e. The molecule has 0 radical (unpaired) electrons. The molecule has 1 rings (SSSR count). The van der Waals surface area contributed by atoms with Crippen LogP contribution in [0, 0.1) is 13.8 Å². The first-order valence-corrected chi connectivity index (χ1v) is 6.44. The molecule has 1 aromatic rings. The van der Waals surface area contributed by atoms with E-state index in [-0.39, 0.29) is 0 Å². The summed E-state index contributed by atoms with van der Waals surface area (Å²) < 4.78 is 2.06. The van der Waals surface area contributed by atoms with Crippen molar-refractivity contribution in [2.45, 2.75) is 47.1 Å². The smallest absolute Gasteiger partial charge is 0.0629 e. The summed E-state index contributed by atoms with van der Waals surface area (Å²) in [5.74, 6) is 0. The van der Waals surface area contributed by atoms with Crippen LogP contribution in [0.25, 0.3) is 0 Å². The average molecular weight is 235 g/mol. The highest BCUT2D eigenvalue weighted by Gasteiger charge is 2.10. The first kappa shape index (κ1) is 14.0. The van der Waals surface area contributed by atoms with Crippen molar-refractivity contribution in [1.82, 2.24) is 15.1 Å². The topological polar surface area (TPSA) is 29.9 Å². The molecule has 0 aliphatic rings. The Kier molecular flexibility index (Phi) is 5.42. The highest BCUT2D eigenvalue weighted by Crippen LogP contribution is 2.14. The fourth-order valence-corrected chi connectivity index (χ4v) is 2.02. The first-order valence-electron chi connectivity index (χ1n) is 6.44. The van der Waals surface area contributed by atoms with Gasteiger partial charge in [0, 0.05) is 5.69 Å². The standard InChI is InChI=1S/C14H25N3/c1-6-8-15-9-7-14-12(4)16-17(13(14)5)10-11(2)3/h15H,2,6-10H2,1,3-5H3. The van der Waals surface area contributed by atoms with Gasteiger partial charge in [-0.3, -0.25) is 4.68 Å². The number of rotatable bonds is 7. The lowest BCUT2D eigenvalue weighted by Crippen LogP contribution is -2.18. The minimum atomic E-state index is 0.828. The van der Waals surface area contributed by atoms with Crippen LogP contribution in [0.15, 0.2) is 12.2 Å². The quantitative estimate of drug-likeness (QED) is 0.581. The monoisotopic (exact) mass is 235 g/mol. The van der Waals surface area contributed by atoms with Gasteiger partial charge in [-0.25, -0.2) is 0 Å². The van der Waals surface area contributed by atoms with Crippen LogP contribution < -0.4 is 5.32 Å². The molecule has 0 fully saturated rings. The van der Waals surface area contributed by atoms with Gasteiger partial charge >= 0.3 is 0 Å². The van der Waals surface area contributed by atoms with Gasteiger partial charge in [-0.2, -0.15) is 5.10 Å². The predicted octanol–water partition coefficient (Wildman–Crippen LogP) is 2.62. The van der Waals surface area contributed by atoms with Crippen LogP contribution >= 0.6 is 0 Å². The molecule has 3 nitrogen and oxygen atoms in total. The minimum absolute atomic E-state index is 0.828. The van der Waals surface area contributed by atoms with E-state index in [1.165, 1.54) is 17.7 Å². The van der Waals surface area contributed by atoms with E-state index >= 15 is 0 Å². The number of allylic oxidation sites excluding steroid dienone is 1. The maximum Gasteiger partial charge on any atom is 0.0629 e. The second kappa shape index (κ2) is 6.60. The Balaban J connectivity index is 2.65. The number of hydrogen-bond acceptors (Lipinski definition) is 2. The highest BCUT2D eigenvalue weighted by atomic mass is 15.3. The predicted molar refractivity (Wildman–Crippen MR) is 73.4 cm³/mol. The lowest BCUT2D eigenvalue weighted by Gasteiger charge is -2.06. The van der Waals surface area contributed by atoms with Crippen molar-refractivity contribution >= 4 is 0 Å². The zero-order chi connectivity index (χ0) is 12.8. The summed E-state index contributed by atoms with van der Waals surface area (Å²) in [7, 11) is 0. The molecule has 0 atom stereocenters. The zero-order valence-electron chi connectivity index (χ0n) is 11.6. The van der Waals surface area contributed by atoms with Crippen molar-refractivity contribution < 1.29 is 0 Å². The van der Waals surface area contributed by atoms with Gasteiger partial charge in [0.1, 0.15) is 0 Å². The van der Waals surface area contributed by atoms with Crippen molar-refractivity contribution in [1.29, 1.82) is 0 Å². The van der Waals surface area contributed by atoms with Gasteiger partial charge < -0.3 is 5.32 Å². The van der Waals surface area contributed by atoms with Crippen LogP contribution in [0.4, 0.5) is 0 Å². The highest BCUT2D eigenvalue weighted by molar-refractivity contribution is 5.25. The average Bonchev–Trinajstić information content (AvgIpc) is 2.50. The molecule has 1 aromatic heterocycles. The fourth-order valence-electron chi connectivity index (χ4n) is 2.02. The summed E-state index contributed by atoms with van der Waals surface area (Å²) in [4.78, 5) is 0. The summed E-state index contributed by atoms with van der Waals surface area (Å²) in [5, 5.41) is 8.01. The van der Waals surface area contributed by atoms with Gasteiger partial charge in [0.2, 0.25) is 0 Å². The molecule has 0 aromatic carbocycles. The fraction of sp³-hybridized carbons (Fsp3) is 0.643. The molecule has 0 saturated carbocycles. The van der Waals surface area contributed by atoms with Gasteiger partial charge in [-0.15, -0.1) is 0 Å². The Hall–Kier alpha value is -1.09. The number of nitrogens with zero attached hydrogens (tertiary/aromatic N) is 2. The third-order valence-electron chi connectivity index (χ3n) is 2.93. The molecule has 0 bridgehead atoms. The second-order valence-electron chi connectivity index (χ2n) is 4.76. The molecule has 17 heavy (non-hydrogen) atoms. The van der Waals surface area contributed by atoms with Gasteiger partial charge in [0.25, 0.3) is 0 Å². The Morgan fingerprint density at radius 3 is 2.65 bits per heavy atom. The van der Waals surface area contributed by atoms with E-state index < -0.39 is 0 Å². The third kappa shape index (κ3) is 4.00. The normalized spacial score (nSPS) is 10.8. The molecule has 0 aliphatic carbocycles. The lowest BCUT2D eigenvalue weighted by molar-refractivity contribution is 0.647. The summed E-state index contributed by atoms with van der Waals surface area (Å²) in [6.45, 7) is 15.4. The maximum atomic E-state index is 4.58. The Morgan fingerprint density at radius 2 is 2.06 bits per heavy atom. The maximum absolute atomic E-state index is 4.58. The number of aryl methyl sites for hydroxylation is 1. The van der Waals surface area contributed by atoms with Gasteiger partial charge in [-0.05, 0) is 52.3 Å². The SMILES string of the molecule is C=C(C)Cn1nc(C)c(CCNCCC)c1C. The molecule has 1 heterocycles. The van der Waals surface area contributed by atoms with Gasteiger partial charge in [0.05, 0.1) is 12.2 Å². The van der Waals surface area contributed by atoms with E-state index in [1.807, 2.05) is 6.92 Å². The molecule has 0 amide bonds. The summed E-state index contributed by atoms with van der Waals surface area (Å²) in [5.41, 5.74) is 4.96. The Labute approximate surface area is 105 Å². The summed E-state index contributed by atoms with van der Waals surface area (Å²) >= 11 is 0. The van der Waals surface area contributed by atoms with Crippen molar-refractivity contribution in [2.24, 2.45) is 0 Å². The Morgan fingerprint density at radius 1 is 1.35 bits per heavy atom. The van der Waals surface area contributed by atoms with Crippen molar-refractivity contribution in [3.05, 3.63) is 29.1 Å². The van der Waals surface area contributed by atoms with E-state index in [4.69, 9.17) is 0 Å². The molecule has 0 aliphatic heterocycles. The second-order valence-corrected chi connectivity index (χ2v) is 4.76. The molecular weight excluding hydrogens is 210 g/mol. The van der Waals surface area contributed by atoms with E-state index in [1.54, 1.807) is 0 Å². The van der Waals surface area contributed by atoms with E-state index in [9.17, 15) is 0 Å². The molecule has 0 saturated heterocycles. The first-order chi connectivity index (χ1) is 8.06. The van der Waals surface area contributed by atoms with Crippen LogP contribution in [0.3, 0.4) is 0 Å². The lowest BCUT2D eigenvalue weighted by atomic mass is 10.1. The number of aromatic nitrogens is 2. The third-order valence-corrected chi connectivity index (χ3v) is 2.93. The van der Waals surface area contributed by atoms with E-state index in [0.717, 1.165) is 37.3 Å².